The summed E-state index contributed by atoms with van der Waals surface area (Å²) in [5.74, 6) is 0.999. The van der Waals surface area contributed by atoms with Gasteiger partial charge in [0.05, 0.1) is 6.61 Å². The first-order valence-corrected chi connectivity index (χ1v) is 9.39. The molecule has 0 saturated heterocycles. The summed E-state index contributed by atoms with van der Waals surface area (Å²) in [6.07, 6.45) is 18.8. The van der Waals surface area contributed by atoms with Crippen molar-refractivity contribution in [2.24, 2.45) is 0 Å². The van der Waals surface area contributed by atoms with Crippen LogP contribution in [0.4, 0.5) is 0 Å². The molecular weight excluding hydrogens is 268 g/mol. The third-order valence-corrected chi connectivity index (χ3v) is 4.15. The maximum Gasteiger partial charge on any atom is 0.119 e. The Balaban J connectivity index is 1.73. The van der Waals surface area contributed by atoms with Gasteiger partial charge < -0.3 is 4.74 Å². The van der Waals surface area contributed by atoms with Gasteiger partial charge in [-0.25, -0.2) is 0 Å². The van der Waals surface area contributed by atoms with Gasteiger partial charge >= 0.3 is 0 Å². The van der Waals surface area contributed by atoms with E-state index in [4.69, 9.17) is 4.74 Å². The van der Waals surface area contributed by atoms with Crippen molar-refractivity contribution < 1.29 is 4.74 Å². The van der Waals surface area contributed by atoms with E-state index in [2.05, 4.69) is 13.3 Å². The second-order valence-electron chi connectivity index (χ2n) is 6.25. The van der Waals surface area contributed by atoms with E-state index in [0.717, 1.165) is 12.4 Å². The lowest BCUT2D eigenvalue weighted by molar-refractivity contribution is 0.304. The molecule has 0 amide bonds. The molecule has 0 heterocycles. The number of para-hydroxylation sites is 1. The lowest BCUT2D eigenvalue weighted by Crippen LogP contribution is -1.96. The highest BCUT2D eigenvalue weighted by Crippen LogP contribution is 2.13. The number of hydrogen-bond donors (Lipinski definition) is 0. The third kappa shape index (κ3) is 11.7. The lowest BCUT2D eigenvalue weighted by atomic mass is 10.0. The Morgan fingerprint density at radius 2 is 1.18 bits per heavy atom. The Morgan fingerprint density at radius 3 is 1.73 bits per heavy atom. The molecule has 1 nitrogen and oxygen atoms in total. The van der Waals surface area contributed by atoms with Crippen LogP contribution in [-0.2, 0) is 0 Å². The minimum atomic E-state index is 0.860. The molecule has 0 aliphatic heterocycles. The molecule has 1 rings (SSSR count). The van der Waals surface area contributed by atoms with E-state index < -0.39 is 0 Å². The second kappa shape index (κ2) is 14.9. The maximum atomic E-state index is 5.70. The molecule has 0 unspecified atom stereocenters. The van der Waals surface area contributed by atoms with Gasteiger partial charge in [0, 0.05) is 0 Å². The molecule has 0 aliphatic rings. The van der Waals surface area contributed by atoms with Crippen LogP contribution in [0.1, 0.15) is 84.0 Å². The van der Waals surface area contributed by atoms with E-state index in [9.17, 15) is 0 Å². The van der Waals surface area contributed by atoms with Gasteiger partial charge in [-0.1, -0.05) is 95.8 Å². The topological polar surface area (TPSA) is 9.23 Å². The molecule has 0 spiro atoms. The Bertz CT molecular complexity index is 320. The van der Waals surface area contributed by atoms with Gasteiger partial charge in [-0.2, -0.15) is 0 Å². The van der Waals surface area contributed by atoms with E-state index in [-0.39, 0.29) is 0 Å². The van der Waals surface area contributed by atoms with Crippen LogP contribution in [-0.4, -0.2) is 6.61 Å². The summed E-state index contributed by atoms with van der Waals surface area (Å²) in [4.78, 5) is 0. The fraction of sp³-hybridized carbons (Fsp3) is 0.667. The molecule has 1 aromatic rings. The van der Waals surface area contributed by atoms with Crippen molar-refractivity contribution in [3.8, 4) is 5.75 Å². The predicted molar refractivity (Wildman–Crippen MR) is 97.3 cm³/mol. The van der Waals surface area contributed by atoms with Gasteiger partial charge in [0.25, 0.3) is 0 Å². The first-order chi connectivity index (χ1) is 10.9. The lowest BCUT2D eigenvalue weighted by Gasteiger charge is -2.06. The predicted octanol–water partition coefficient (Wildman–Crippen LogP) is 6.97. The normalized spacial score (nSPS) is 10.8. The summed E-state index contributed by atoms with van der Waals surface area (Å²) < 4.78 is 5.70. The summed E-state index contributed by atoms with van der Waals surface area (Å²) in [5.41, 5.74) is 0. The van der Waals surface area contributed by atoms with Crippen molar-refractivity contribution in [2.45, 2.75) is 84.0 Å². The molecule has 0 N–H and O–H groups in total. The number of hydrogen-bond acceptors (Lipinski definition) is 1. The van der Waals surface area contributed by atoms with Crippen LogP contribution in [0.2, 0.25) is 0 Å². The molecule has 22 heavy (non-hydrogen) atoms. The average molecular weight is 304 g/mol. The zero-order valence-electron chi connectivity index (χ0n) is 14.6. The number of benzene rings is 1. The molecule has 1 aromatic carbocycles. The van der Waals surface area contributed by atoms with E-state index in [1.54, 1.807) is 0 Å². The molecule has 0 fully saturated rings. The van der Waals surface area contributed by atoms with Crippen LogP contribution in [0.25, 0.3) is 0 Å². The van der Waals surface area contributed by atoms with Crippen molar-refractivity contribution in [3.63, 3.8) is 0 Å². The molecule has 0 bridgehead atoms. The van der Waals surface area contributed by atoms with Gasteiger partial charge in [-0.3, -0.25) is 0 Å². The van der Waals surface area contributed by atoms with E-state index in [1.165, 1.54) is 77.0 Å². The Labute approximate surface area is 138 Å². The summed E-state index contributed by atoms with van der Waals surface area (Å²) in [6.45, 7) is 3.02. The summed E-state index contributed by atoms with van der Waals surface area (Å²) in [6, 6.07) is 10.1. The summed E-state index contributed by atoms with van der Waals surface area (Å²) in [5, 5.41) is 0. The number of rotatable bonds is 15. The highest BCUT2D eigenvalue weighted by atomic mass is 16.5. The zero-order valence-corrected chi connectivity index (χ0v) is 14.6. The van der Waals surface area contributed by atoms with Crippen LogP contribution in [0, 0.1) is 6.42 Å². The molecule has 1 heteroatoms. The van der Waals surface area contributed by atoms with Crippen molar-refractivity contribution in [3.05, 3.63) is 36.8 Å². The Kier molecular flexibility index (Phi) is 12.9. The second-order valence-corrected chi connectivity index (χ2v) is 6.25. The molecule has 0 aromatic heterocycles. The van der Waals surface area contributed by atoms with E-state index in [0.29, 0.717) is 0 Å². The van der Waals surface area contributed by atoms with Gasteiger partial charge in [0.2, 0.25) is 0 Å². The number of unbranched alkanes of at least 4 members (excludes halogenated alkanes) is 12. The molecule has 0 aliphatic carbocycles. The SMILES string of the molecule is C[CH]CCCCCCCCCCCCCOc1ccccc1. The first-order valence-electron chi connectivity index (χ1n) is 9.39. The standard InChI is InChI=1S/C21H35O/c1-2-3-4-5-6-7-8-9-10-11-12-13-17-20-22-21-18-15-14-16-19-21/h2,14-16,18-19H,3-13,17,20H2,1H3. The van der Waals surface area contributed by atoms with Crippen LogP contribution in [0.15, 0.2) is 30.3 Å². The fourth-order valence-electron chi connectivity index (χ4n) is 2.75. The number of ether oxygens (including phenoxy) is 1. The quantitative estimate of drug-likeness (QED) is 0.318. The van der Waals surface area contributed by atoms with Crippen molar-refractivity contribution in [2.75, 3.05) is 6.61 Å². The van der Waals surface area contributed by atoms with Crippen LogP contribution < -0.4 is 4.74 Å². The smallest absolute Gasteiger partial charge is 0.119 e. The zero-order chi connectivity index (χ0) is 15.7. The molecule has 0 saturated carbocycles. The van der Waals surface area contributed by atoms with E-state index >= 15 is 0 Å². The average Bonchev–Trinajstić information content (AvgIpc) is 2.56. The summed E-state index contributed by atoms with van der Waals surface area (Å²) >= 11 is 0. The fourth-order valence-corrected chi connectivity index (χ4v) is 2.75. The van der Waals surface area contributed by atoms with Gasteiger partial charge in [0.15, 0.2) is 0 Å². The highest BCUT2D eigenvalue weighted by molar-refractivity contribution is 5.20. The summed E-state index contributed by atoms with van der Waals surface area (Å²) in [7, 11) is 0. The minimum absolute atomic E-state index is 0.860. The Hall–Kier alpha value is -0.980. The van der Waals surface area contributed by atoms with Gasteiger partial charge in [-0.15, -0.1) is 0 Å². The molecule has 1 radical (unpaired) electrons. The van der Waals surface area contributed by atoms with Crippen molar-refractivity contribution >= 4 is 0 Å². The third-order valence-electron chi connectivity index (χ3n) is 4.15. The molecule has 0 atom stereocenters. The maximum absolute atomic E-state index is 5.70. The molecule has 125 valence electrons. The van der Waals surface area contributed by atoms with Crippen molar-refractivity contribution in [1.29, 1.82) is 0 Å². The van der Waals surface area contributed by atoms with E-state index in [1.807, 2.05) is 30.3 Å². The largest absolute Gasteiger partial charge is 0.494 e. The van der Waals surface area contributed by atoms with Crippen molar-refractivity contribution in [1.82, 2.24) is 0 Å². The monoisotopic (exact) mass is 303 g/mol. The van der Waals surface area contributed by atoms with Crippen LogP contribution in [0.5, 0.6) is 5.75 Å². The van der Waals surface area contributed by atoms with Gasteiger partial charge in [0.1, 0.15) is 5.75 Å². The minimum Gasteiger partial charge on any atom is -0.494 e. The molecular formula is C21H35O. The van der Waals surface area contributed by atoms with Gasteiger partial charge in [-0.05, 0) is 25.0 Å². The van der Waals surface area contributed by atoms with Crippen LogP contribution in [0.3, 0.4) is 0 Å². The highest BCUT2D eigenvalue weighted by Gasteiger charge is 1.95. The first kappa shape index (κ1) is 19.1. The Morgan fingerprint density at radius 1 is 0.682 bits per heavy atom. The van der Waals surface area contributed by atoms with Crippen LogP contribution >= 0.6 is 0 Å².